The van der Waals surface area contributed by atoms with E-state index in [1.54, 1.807) is 28.7 Å². The highest BCUT2D eigenvalue weighted by Gasteiger charge is 2.27. The van der Waals surface area contributed by atoms with Crippen molar-refractivity contribution in [2.24, 2.45) is 11.8 Å². The lowest BCUT2D eigenvalue weighted by atomic mass is 9.93. The molecule has 5 rings (SSSR count). The molecule has 1 atom stereocenters. The van der Waals surface area contributed by atoms with Gasteiger partial charge in [0.1, 0.15) is 22.1 Å². The highest BCUT2D eigenvalue weighted by molar-refractivity contribution is 7.13. The number of ether oxygens (including phenoxy) is 2. The van der Waals surface area contributed by atoms with Gasteiger partial charge < -0.3 is 14.8 Å². The number of rotatable bonds is 11. The summed E-state index contributed by atoms with van der Waals surface area (Å²) in [6.45, 7) is 8.29. The van der Waals surface area contributed by atoms with Crippen molar-refractivity contribution >= 4 is 28.9 Å². The lowest BCUT2D eigenvalue weighted by Gasteiger charge is -2.28. The van der Waals surface area contributed by atoms with Crippen molar-refractivity contribution < 1.29 is 27.8 Å². The minimum absolute atomic E-state index is 0.00278. The quantitative estimate of drug-likeness (QED) is 0.156. The number of halogens is 2. The molecule has 4 heterocycles. The van der Waals surface area contributed by atoms with Crippen molar-refractivity contribution in [1.82, 2.24) is 29.5 Å². The van der Waals surface area contributed by atoms with Gasteiger partial charge in [-0.3, -0.25) is 14.3 Å². The second-order valence-electron chi connectivity index (χ2n) is 11.1. The van der Waals surface area contributed by atoms with E-state index >= 15 is 0 Å². The van der Waals surface area contributed by atoms with Crippen LogP contribution in [0.3, 0.4) is 0 Å². The largest absolute Gasteiger partial charge is 0.442 e. The summed E-state index contributed by atoms with van der Waals surface area (Å²) in [6.07, 6.45) is 8.33. The molecule has 44 heavy (non-hydrogen) atoms. The van der Waals surface area contributed by atoms with Crippen LogP contribution in [-0.4, -0.2) is 54.1 Å². The van der Waals surface area contributed by atoms with Gasteiger partial charge in [0.2, 0.25) is 5.95 Å². The van der Waals surface area contributed by atoms with Crippen LogP contribution in [0.4, 0.5) is 14.5 Å². The molecule has 0 saturated heterocycles. The summed E-state index contributed by atoms with van der Waals surface area (Å²) in [6, 6.07) is 1.91. The highest BCUT2D eigenvalue weighted by Crippen LogP contribution is 2.34. The number of carbonyl (C=O) groups excluding carboxylic acids is 2. The number of nitrogens with zero attached hydrogens (tertiary/aromatic N) is 6. The van der Waals surface area contributed by atoms with Gasteiger partial charge in [0.25, 0.3) is 5.91 Å². The van der Waals surface area contributed by atoms with Crippen molar-refractivity contribution in [3.63, 3.8) is 0 Å². The third-order valence-corrected chi connectivity index (χ3v) is 8.66. The van der Waals surface area contributed by atoms with Gasteiger partial charge >= 0.3 is 5.97 Å². The molecule has 4 aromatic rings. The van der Waals surface area contributed by atoms with Crippen molar-refractivity contribution in [2.75, 3.05) is 11.9 Å². The third-order valence-electron chi connectivity index (χ3n) is 7.76. The lowest BCUT2D eigenvalue weighted by Crippen LogP contribution is -2.24. The van der Waals surface area contributed by atoms with Gasteiger partial charge in [0.15, 0.2) is 12.5 Å². The number of carbonyl (C=O) groups is 2. The number of nitrogens with one attached hydrogen (secondary N) is 1. The van der Waals surface area contributed by atoms with Crippen LogP contribution in [0, 0.1) is 23.6 Å². The van der Waals surface area contributed by atoms with Crippen molar-refractivity contribution in [2.45, 2.75) is 72.3 Å². The van der Waals surface area contributed by atoms with E-state index in [4.69, 9.17) is 9.47 Å². The molecule has 4 aromatic heterocycles. The van der Waals surface area contributed by atoms with E-state index in [9.17, 15) is 18.4 Å². The Kier molecular flexibility index (Phi) is 9.79. The molecule has 1 aliphatic carbocycles. The van der Waals surface area contributed by atoms with E-state index in [1.165, 1.54) is 16.0 Å². The van der Waals surface area contributed by atoms with E-state index < -0.39 is 17.7 Å². The number of amides is 1. The molecule has 0 unspecified atom stereocenters. The zero-order valence-electron chi connectivity index (χ0n) is 25.0. The number of hydrogen-bond donors (Lipinski definition) is 1. The van der Waals surface area contributed by atoms with E-state index in [2.05, 4.69) is 25.5 Å². The maximum absolute atomic E-state index is 14.8. The minimum atomic E-state index is -0.862. The molecule has 0 aromatic carbocycles. The number of pyridine rings is 1. The Bertz CT molecular complexity index is 1610. The zero-order valence-corrected chi connectivity index (χ0v) is 25.8. The minimum Gasteiger partial charge on any atom is -0.442 e. The van der Waals surface area contributed by atoms with E-state index in [0.717, 1.165) is 37.8 Å². The fourth-order valence-corrected chi connectivity index (χ4v) is 5.69. The van der Waals surface area contributed by atoms with Crippen molar-refractivity contribution in [1.29, 1.82) is 0 Å². The number of hydrogen-bond acceptors (Lipinski definition) is 9. The number of esters is 1. The summed E-state index contributed by atoms with van der Waals surface area (Å²) in [5.41, 5.74) is 0.693. The van der Waals surface area contributed by atoms with Crippen LogP contribution in [0.25, 0.3) is 22.0 Å². The summed E-state index contributed by atoms with van der Waals surface area (Å²) in [5, 5.41) is 13.7. The van der Waals surface area contributed by atoms with Crippen LogP contribution in [-0.2, 0) is 21.0 Å². The molecule has 1 fully saturated rings. The Morgan fingerprint density at radius 3 is 2.59 bits per heavy atom. The second kappa shape index (κ2) is 13.7. The van der Waals surface area contributed by atoms with Gasteiger partial charge in [0, 0.05) is 29.9 Å². The maximum atomic E-state index is 14.8. The predicted octanol–water partition coefficient (Wildman–Crippen LogP) is 6.11. The molecule has 0 bridgehead atoms. The van der Waals surface area contributed by atoms with Gasteiger partial charge in [-0.05, 0) is 50.7 Å². The van der Waals surface area contributed by atoms with E-state index in [-0.39, 0.29) is 59.5 Å². The first-order chi connectivity index (χ1) is 21.1. The Morgan fingerprint density at radius 1 is 1.09 bits per heavy atom. The molecule has 234 valence electrons. The standard InChI is InChI=1S/C30H35F2N7O4S/c1-5-42-21-8-6-20(7-9-21)39-14-23(27(37-39)26-22(31)10-11-25(32)36-26)34-28(40)24-15-44-29(35-24)19-12-33-38(13-19)16-43-30(41)18(4)17(2)3/h10-15,17-18,20-21H,5-9,16H2,1-4H3,(H,34,40)/t18-,20?,21?/m0/s1. The fraction of sp³-hybridized carbons (Fsp3) is 0.467. The molecule has 1 N–H and O–H groups in total. The van der Waals surface area contributed by atoms with Gasteiger partial charge in [-0.1, -0.05) is 20.8 Å². The summed E-state index contributed by atoms with van der Waals surface area (Å²) in [4.78, 5) is 33.7. The molecular formula is C30H35F2N7O4S. The molecule has 0 radical (unpaired) electrons. The van der Waals surface area contributed by atoms with Crippen LogP contribution in [0.5, 0.6) is 0 Å². The van der Waals surface area contributed by atoms with Crippen molar-refractivity contribution in [3.8, 4) is 22.0 Å². The van der Waals surface area contributed by atoms with Crippen LogP contribution < -0.4 is 5.32 Å². The van der Waals surface area contributed by atoms with E-state index in [0.29, 0.717) is 17.2 Å². The molecular weight excluding hydrogens is 592 g/mol. The first-order valence-electron chi connectivity index (χ1n) is 14.6. The maximum Gasteiger partial charge on any atom is 0.310 e. The Morgan fingerprint density at radius 2 is 1.86 bits per heavy atom. The van der Waals surface area contributed by atoms with Crippen molar-refractivity contribution in [3.05, 3.63) is 53.6 Å². The second-order valence-corrected chi connectivity index (χ2v) is 12.0. The SMILES string of the molecule is CCOC1CCC(n2cc(NC(=O)c3csc(-c4cnn(COC(=O)[C@@H](C)C(C)C)c4)n3)c(-c3nc(F)ccc3F)n2)CC1. The van der Waals surface area contributed by atoms with Crippen LogP contribution >= 0.6 is 11.3 Å². The Labute approximate surface area is 257 Å². The smallest absolute Gasteiger partial charge is 0.310 e. The molecule has 1 saturated carbocycles. The monoisotopic (exact) mass is 627 g/mol. The molecule has 1 aliphatic rings. The van der Waals surface area contributed by atoms with Crippen LogP contribution in [0.1, 0.15) is 69.9 Å². The Hall–Kier alpha value is -4.04. The predicted molar refractivity (Wildman–Crippen MR) is 160 cm³/mol. The number of anilines is 1. The topological polar surface area (TPSA) is 126 Å². The third kappa shape index (κ3) is 7.18. The zero-order chi connectivity index (χ0) is 31.4. The molecule has 1 amide bonds. The molecule has 11 nitrogen and oxygen atoms in total. The number of thiazole rings is 1. The van der Waals surface area contributed by atoms with Gasteiger partial charge in [-0.25, -0.2) is 19.0 Å². The Balaban J connectivity index is 1.32. The molecule has 0 aliphatic heterocycles. The van der Waals surface area contributed by atoms with Crippen LogP contribution in [0.2, 0.25) is 0 Å². The first-order valence-corrected chi connectivity index (χ1v) is 15.5. The fourth-order valence-electron chi connectivity index (χ4n) is 4.92. The first kappa shape index (κ1) is 31.4. The van der Waals surface area contributed by atoms with Gasteiger partial charge in [0.05, 0.1) is 29.9 Å². The van der Waals surface area contributed by atoms with E-state index in [1.807, 2.05) is 27.7 Å². The number of aromatic nitrogens is 6. The highest BCUT2D eigenvalue weighted by atomic mass is 32.1. The molecule has 14 heteroatoms. The van der Waals surface area contributed by atoms with Gasteiger partial charge in [-0.15, -0.1) is 11.3 Å². The summed E-state index contributed by atoms with van der Waals surface area (Å²) in [5.74, 6) is -2.55. The molecule has 0 spiro atoms. The van der Waals surface area contributed by atoms with Gasteiger partial charge in [-0.2, -0.15) is 14.6 Å². The summed E-state index contributed by atoms with van der Waals surface area (Å²) < 4.78 is 43.1. The lowest BCUT2D eigenvalue weighted by molar-refractivity contribution is -0.153. The average molecular weight is 628 g/mol. The van der Waals surface area contributed by atoms with Crippen LogP contribution in [0.15, 0.2) is 36.1 Å². The summed E-state index contributed by atoms with van der Waals surface area (Å²) >= 11 is 1.24. The normalized spacial score (nSPS) is 17.5. The summed E-state index contributed by atoms with van der Waals surface area (Å²) in [7, 11) is 0. The average Bonchev–Trinajstić information content (AvgIpc) is 3.77.